The molecular formula is C17H23ClFN5O2. The first kappa shape index (κ1) is 18.8. The molecule has 2 fully saturated rings. The Morgan fingerprint density at radius 1 is 1.42 bits per heavy atom. The normalized spacial score (nSPS) is 32.2. The number of aromatic nitrogens is 2. The molecule has 26 heavy (non-hydrogen) atoms. The Hall–Kier alpha value is -1.96. The summed E-state index contributed by atoms with van der Waals surface area (Å²) in [6.07, 6.45) is 1.98. The van der Waals surface area contributed by atoms with Crippen molar-refractivity contribution in [2.24, 2.45) is 11.8 Å². The molecule has 5 unspecified atom stereocenters. The summed E-state index contributed by atoms with van der Waals surface area (Å²) < 4.78 is 14.2. The van der Waals surface area contributed by atoms with Crippen molar-refractivity contribution in [3.8, 4) is 0 Å². The zero-order chi connectivity index (χ0) is 18.8. The minimum atomic E-state index is -1.10. The fourth-order valence-corrected chi connectivity index (χ4v) is 4.23. The van der Waals surface area contributed by atoms with Crippen LogP contribution in [0.1, 0.15) is 33.1 Å². The van der Waals surface area contributed by atoms with E-state index in [1.807, 2.05) is 6.92 Å². The molecule has 3 N–H and O–H groups in total. The second kappa shape index (κ2) is 7.73. The molecule has 1 aromatic rings. The number of carbonyl (C=O) groups is 2. The number of anilines is 2. The first-order valence-electron chi connectivity index (χ1n) is 8.79. The van der Waals surface area contributed by atoms with E-state index >= 15 is 0 Å². The van der Waals surface area contributed by atoms with E-state index in [0.717, 1.165) is 0 Å². The van der Waals surface area contributed by atoms with Crippen LogP contribution in [0.15, 0.2) is 12.3 Å². The fraction of sp³-hybridized carbons (Fsp3) is 0.647. The van der Waals surface area contributed by atoms with E-state index in [-0.39, 0.29) is 41.5 Å². The van der Waals surface area contributed by atoms with Gasteiger partial charge in [0.15, 0.2) is 0 Å². The average molecular weight is 384 g/mol. The minimum absolute atomic E-state index is 0.0276. The van der Waals surface area contributed by atoms with Crippen LogP contribution in [-0.2, 0) is 9.59 Å². The number of hydrogen-bond acceptors (Lipinski definition) is 5. The Balaban J connectivity index is 1.67. The lowest BCUT2D eigenvalue weighted by Gasteiger charge is -2.43. The average Bonchev–Trinajstić information content (AvgIpc) is 2.54. The van der Waals surface area contributed by atoms with Crippen LogP contribution in [0, 0.1) is 11.8 Å². The van der Waals surface area contributed by atoms with Gasteiger partial charge in [-0.05, 0) is 38.2 Å². The third-order valence-electron chi connectivity index (χ3n) is 5.06. The number of alkyl halides is 2. The highest BCUT2D eigenvalue weighted by Crippen LogP contribution is 2.38. The lowest BCUT2D eigenvalue weighted by molar-refractivity contribution is -0.131. The Labute approximate surface area is 156 Å². The number of halogens is 2. The van der Waals surface area contributed by atoms with E-state index in [4.69, 9.17) is 11.6 Å². The quantitative estimate of drug-likeness (QED) is 0.692. The first-order valence-corrected chi connectivity index (χ1v) is 9.23. The van der Waals surface area contributed by atoms with Crippen LogP contribution in [0.3, 0.4) is 0 Å². The molecular weight excluding hydrogens is 361 g/mol. The van der Waals surface area contributed by atoms with Crippen molar-refractivity contribution in [1.82, 2.24) is 15.3 Å². The summed E-state index contributed by atoms with van der Waals surface area (Å²) >= 11 is 6.16. The first-order chi connectivity index (χ1) is 12.3. The summed E-state index contributed by atoms with van der Waals surface area (Å²) in [5, 5.41) is 8.34. The molecule has 7 nitrogen and oxygen atoms in total. The summed E-state index contributed by atoms with van der Waals surface area (Å²) in [5.74, 6) is 0.00103. The third-order valence-corrected chi connectivity index (χ3v) is 5.42. The van der Waals surface area contributed by atoms with Crippen molar-refractivity contribution in [2.75, 3.05) is 10.6 Å². The summed E-state index contributed by atoms with van der Waals surface area (Å²) in [6.45, 7) is 3.26. The van der Waals surface area contributed by atoms with Crippen LogP contribution in [0.25, 0.3) is 0 Å². The van der Waals surface area contributed by atoms with E-state index in [9.17, 15) is 14.0 Å². The molecule has 9 heteroatoms. The number of hydrogen-bond donors (Lipinski definition) is 3. The second-order valence-electron chi connectivity index (χ2n) is 7.10. The minimum Gasteiger partial charge on any atom is -0.351 e. The van der Waals surface area contributed by atoms with Crippen LogP contribution < -0.4 is 16.0 Å². The predicted octanol–water partition coefficient (Wildman–Crippen LogP) is 2.10. The van der Waals surface area contributed by atoms with Gasteiger partial charge < -0.3 is 16.0 Å². The number of carbonyl (C=O) groups excluding carboxylic acids is 2. The monoisotopic (exact) mass is 383 g/mol. The molecule has 0 bridgehead atoms. The van der Waals surface area contributed by atoms with Crippen molar-refractivity contribution in [1.29, 1.82) is 0 Å². The Morgan fingerprint density at radius 3 is 2.92 bits per heavy atom. The molecule has 1 saturated carbocycles. The molecule has 0 spiro atoms. The fourth-order valence-electron chi connectivity index (χ4n) is 3.83. The van der Waals surface area contributed by atoms with E-state index in [1.165, 1.54) is 13.1 Å². The van der Waals surface area contributed by atoms with Crippen molar-refractivity contribution in [3.63, 3.8) is 0 Å². The number of fused-ring (bicyclic) bond motifs is 1. The highest BCUT2D eigenvalue weighted by Gasteiger charge is 2.45. The number of nitrogens with one attached hydrogen (secondary N) is 3. The third kappa shape index (κ3) is 4.23. The van der Waals surface area contributed by atoms with Crippen LogP contribution in [0.4, 0.5) is 16.2 Å². The molecule has 6 atom stereocenters. The van der Waals surface area contributed by atoms with Crippen LogP contribution in [0.2, 0.25) is 0 Å². The Morgan fingerprint density at radius 2 is 2.19 bits per heavy atom. The second-order valence-corrected chi connectivity index (χ2v) is 7.72. The van der Waals surface area contributed by atoms with Crippen LogP contribution >= 0.6 is 11.6 Å². The van der Waals surface area contributed by atoms with Gasteiger partial charge in [-0.15, -0.1) is 11.6 Å². The lowest BCUT2D eigenvalue weighted by Crippen LogP contribution is -2.59. The lowest BCUT2D eigenvalue weighted by atomic mass is 9.73. The topological polar surface area (TPSA) is 96.0 Å². The molecule has 142 valence electrons. The van der Waals surface area contributed by atoms with Gasteiger partial charge in [0.25, 0.3) is 0 Å². The molecule has 2 aliphatic rings. The van der Waals surface area contributed by atoms with Gasteiger partial charge in [0.2, 0.25) is 17.8 Å². The van der Waals surface area contributed by atoms with Crippen molar-refractivity contribution in [3.05, 3.63) is 12.3 Å². The molecule has 2 amide bonds. The van der Waals surface area contributed by atoms with Gasteiger partial charge in [-0.1, -0.05) is 0 Å². The zero-order valence-corrected chi connectivity index (χ0v) is 15.5. The number of amides is 2. The van der Waals surface area contributed by atoms with Gasteiger partial charge in [0.1, 0.15) is 12.0 Å². The van der Waals surface area contributed by atoms with Crippen molar-refractivity contribution < 1.29 is 14.0 Å². The molecule has 0 radical (unpaired) electrons. The number of rotatable bonds is 4. The molecule has 1 aliphatic heterocycles. The molecule has 1 saturated heterocycles. The highest BCUT2D eigenvalue weighted by atomic mass is 35.5. The van der Waals surface area contributed by atoms with Gasteiger partial charge in [-0.2, -0.15) is 4.98 Å². The van der Waals surface area contributed by atoms with Crippen LogP contribution in [0.5, 0.6) is 0 Å². The summed E-state index contributed by atoms with van der Waals surface area (Å²) in [4.78, 5) is 31.9. The maximum atomic E-state index is 14.2. The maximum absolute atomic E-state index is 14.2. The van der Waals surface area contributed by atoms with Gasteiger partial charge >= 0.3 is 0 Å². The Bertz CT molecular complexity index is 691. The highest BCUT2D eigenvalue weighted by molar-refractivity contribution is 6.20. The molecule has 2 heterocycles. The smallest absolute Gasteiger partial charge is 0.225 e. The van der Waals surface area contributed by atoms with Gasteiger partial charge in [0, 0.05) is 24.5 Å². The van der Waals surface area contributed by atoms with Crippen LogP contribution in [-0.4, -0.2) is 45.4 Å². The SMILES string of the molecule is CC(=O)Nc1ccnc(N[C@@H](C)C2CC3CC(Cl)CC(F)C3NC2=O)n1. The van der Waals surface area contributed by atoms with E-state index < -0.39 is 12.2 Å². The van der Waals surface area contributed by atoms with E-state index in [1.54, 1.807) is 6.07 Å². The van der Waals surface area contributed by atoms with Crippen molar-refractivity contribution in [2.45, 2.75) is 56.7 Å². The number of nitrogens with zero attached hydrogens (tertiary/aromatic N) is 2. The predicted molar refractivity (Wildman–Crippen MR) is 96.7 cm³/mol. The molecule has 1 aromatic heterocycles. The summed E-state index contributed by atoms with van der Waals surface area (Å²) in [5.41, 5.74) is 0. The zero-order valence-electron chi connectivity index (χ0n) is 14.7. The Kier molecular flexibility index (Phi) is 5.60. The van der Waals surface area contributed by atoms with Gasteiger partial charge in [-0.25, -0.2) is 9.37 Å². The van der Waals surface area contributed by atoms with E-state index in [0.29, 0.717) is 24.6 Å². The van der Waals surface area contributed by atoms with Gasteiger partial charge in [-0.3, -0.25) is 9.59 Å². The standard InChI is InChI=1S/C17H23ClFN5O2/c1-8(21-17-20-4-3-14(23-17)22-9(2)25)12-6-10-5-11(18)7-13(19)15(10)24-16(12)26/h3-4,8,10-13,15H,5-7H2,1-2H3,(H,24,26)(H2,20,21,22,23,25)/t8-,10?,11?,12?,13?,15?/m0/s1. The van der Waals surface area contributed by atoms with Crippen molar-refractivity contribution >= 4 is 35.2 Å². The maximum Gasteiger partial charge on any atom is 0.225 e. The largest absolute Gasteiger partial charge is 0.351 e. The molecule has 0 aromatic carbocycles. The number of piperidine rings is 1. The summed E-state index contributed by atoms with van der Waals surface area (Å²) in [6, 6.07) is 0.886. The molecule has 3 rings (SSSR count). The summed E-state index contributed by atoms with van der Waals surface area (Å²) in [7, 11) is 0. The van der Waals surface area contributed by atoms with Gasteiger partial charge in [0.05, 0.1) is 12.0 Å². The van der Waals surface area contributed by atoms with E-state index in [2.05, 4.69) is 25.9 Å². The molecule has 1 aliphatic carbocycles.